The molecule has 2 N–H and O–H groups in total. The topological polar surface area (TPSA) is 102 Å². The Bertz CT molecular complexity index is 1110. The molecule has 31 heavy (non-hydrogen) atoms. The number of anilines is 1. The number of pyridine rings is 1. The highest BCUT2D eigenvalue weighted by molar-refractivity contribution is 6.09. The van der Waals surface area contributed by atoms with Gasteiger partial charge in [-0.1, -0.05) is 0 Å². The minimum absolute atomic E-state index is 0.0370. The molecule has 0 bridgehead atoms. The standard InChI is InChI=1S/C19H20F3N7O2/c1-27(2)11-7-12(8-11)31-15-3-5-24-10-14(15)29(23)18(30)13-9-25-28-6-4-16(19(20,21)22)26-17(13)28/h3-6,9-12H,7-8,23H2,1-2H3. The van der Waals surface area contributed by atoms with Gasteiger partial charge in [-0.15, -0.1) is 0 Å². The summed E-state index contributed by atoms with van der Waals surface area (Å²) >= 11 is 0. The summed E-state index contributed by atoms with van der Waals surface area (Å²) in [5.74, 6) is 5.59. The number of carbonyl (C=O) groups excluding carboxylic acids is 1. The summed E-state index contributed by atoms with van der Waals surface area (Å²) in [6.07, 6.45) is 2.02. The summed E-state index contributed by atoms with van der Waals surface area (Å²) in [6, 6.07) is 2.78. The highest BCUT2D eigenvalue weighted by Crippen LogP contribution is 2.34. The van der Waals surface area contributed by atoms with Crippen LogP contribution in [-0.4, -0.2) is 56.6 Å². The summed E-state index contributed by atoms with van der Waals surface area (Å²) < 4.78 is 46.1. The van der Waals surface area contributed by atoms with Gasteiger partial charge in [-0.25, -0.2) is 20.4 Å². The number of amides is 1. The van der Waals surface area contributed by atoms with E-state index in [1.54, 1.807) is 6.07 Å². The van der Waals surface area contributed by atoms with Crippen molar-refractivity contribution < 1.29 is 22.7 Å². The number of fused-ring (bicyclic) bond motifs is 1. The number of hydrazine groups is 1. The Morgan fingerprint density at radius 1 is 1.26 bits per heavy atom. The smallest absolute Gasteiger partial charge is 0.433 e. The van der Waals surface area contributed by atoms with E-state index in [0.717, 1.165) is 40.8 Å². The van der Waals surface area contributed by atoms with Crippen LogP contribution < -0.4 is 15.6 Å². The van der Waals surface area contributed by atoms with Crippen LogP contribution in [0.4, 0.5) is 18.9 Å². The number of halogens is 3. The van der Waals surface area contributed by atoms with Crippen molar-refractivity contribution in [2.75, 3.05) is 19.1 Å². The van der Waals surface area contributed by atoms with E-state index in [4.69, 9.17) is 10.6 Å². The van der Waals surface area contributed by atoms with Gasteiger partial charge in [0.15, 0.2) is 5.65 Å². The maximum Gasteiger partial charge on any atom is 0.433 e. The van der Waals surface area contributed by atoms with Gasteiger partial charge in [-0.2, -0.15) is 18.3 Å². The van der Waals surface area contributed by atoms with Crippen molar-refractivity contribution in [1.29, 1.82) is 0 Å². The van der Waals surface area contributed by atoms with Gasteiger partial charge >= 0.3 is 6.18 Å². The molecule has 3 aromatic rings. The molecule has 1 aliphatic rings. The summed E-state index contributed by atoms with van der Waals surface area (Å²) in [6.45, 7) is 0. The Kier molecular flexibility index (Phi) is 5.27. The fourth-order valence-corrected chi connectivity index (χ4v) is 3.31. The second-order valence-electron chi connectivity index (χ2n) is 7.48. The van der Waals surface area contributed by atoms with Crippen molar-refractivity contribution in [3.8, 4) is 5.75 Å². The second-order valence-corrected chi connectivity index (χ2v) is 7.48. The van der Waals surface area contributed by atoms with Crippen LogP contribution in [0.25, 0.3) is 5.65 Å². The fourth-order valence-electron chi connectivity index (χ4n) is 3.31. The molecule has 0 spiro atoms. The molecule has 1 aliphatic carbocycles. The molecule has 3 aromatic heterocycles. The molecule has 0 unspecified atom stereocenters. The average molecular weight is 435 g/mol. The largest absolute Gasteiger partial charge is 0.488 e. The third-order valence-corrected chi connectivity index (χ3v) is 5.22. The minimum atomic E-state index is -4.66. The summed E-state index contributed by atoms with van der Waals surface area (Å²) in [5, 5.41) is 4.67. The van der Waals surface area contributed by atoms with Crippen LogP contribution in [0.2, 0.25) is 0 Å². The van der Waals surface area contributed by atoms with Gasteiger partial charge in [-0.3, -0.25) is 9.78 Å². The van der Waals surface area contributed by atoms with Crippen molar-refractivity contribution in [3.63, 3.8) is 0 Å². The summed E-state index contributed by atoms with van der Waals surface area (Å²) in [5.41, 5.74) is -1.38. The van der Waals surface area contributed by atoms with Crippen LogP contribution in [0, 0.1) is 0 Å². The molecule has 0 aliphatic heterocycles. The number of nitrogens with zero attached hydrogens (tertiary/aromatic N) is 6. The number of nitrogens with two attached hydrogens (primary N) is 1. The van der Waals surface area contributed by atoms with E-state index >= 15 is 0 Å². The molecule has 9 nitrogen and oxygen atoms in total. The van der Waals surface area contributed by atoms with Crippen molar-refractivity contribution in [3.05, 3.63) is 48.2 Å². The monoisotopic (exact) mass is 435 g/mol. The molecule has 0 radical (unpaired) electrons. The van der Waals surface area contributed by atoms with E-state index < -0.39 is 17.8 Å². The lowest BCUT2D eigenvalue weighted by molar-refractivity contribution is -0.141. The fraction of sp³-hybridized carbons (Fsp3) is 0.368. The van der Waals surface area contributed by atoms with E-state index in [-0.39, 0.29) is 23.0 Å². The maximum absolute atomic E-state index is 13.0. The third-order valence-electron chi connectivity index (χ3n) is 5.22. The Hall–Kier alpha value is -3.25. The van der Waals surface area contributed by atoms with Gasteiger partial charge in [0.05, 0.1) is 12.4 Å². The van der Waals surface area contributed by atoms with Crippen LogP contribution in [0.1, 0.15) is 28.9 Å². The van der Waals surface area contributed by atoms with E-state index in [9.17, 15) is 18.0 Å². The SMILES string of the molecule is CN(C)C1CC(Oc2ccncc2N(N)C(=O)c2cnn3ccc(C(F)(F)F)nc23)C1. The summed E-state index contributed by atoms with van der Waals surface area (Å²) in [7, 11) is 3.99. The molecule has 12 heteroatoms. The number of carbonyl (C=O) groups is 1. The van der Waals surface area contributed by atoms with E-state index in [1.165, 1.54) is 12.4 Å². The van der Waals surface area contributed by atoms with Crippen LogP contribution in [0.3, 0.4) is 0 Å². The quantitative estimate of drug-likeness (QED) is 0.372. The Labute approximate surface area is 175 Å². The maximum atomic E-state index is 13.0. The molecule has 0 saturated heterocycles. The molecule has 1 fully saturated rings. The molecular formula is C19H20F3N7O2. The predicted octanol–water partition coefficient (Wildman–Crippen LogP) is 2.13. The first-order valence-corrected chi connectivity index (χ1v) is 9.43. The minimum Gasteiger partial charge on any atom is -0.488 e. The first-order valence-electron chi connectivity index (χ1n) is 9.43. The van der Waals surface area contributed by atoms with Crippen molar-refractivity contribution in [2.24, 2.45) is 5.84 Å². The molecule has 164 valence electrons. The molecule has 0 atom stereocenters. The van der Waals surface area contributed by atoms with Gasteiger partial charge in [0.2, 0.25) is 0 Å². The Balaban J connectivity index is 1.59. The first kappa shape index (κ1) is 21.0. The van der Waals surface area contributed by atoms with Crippen LogP contribution in [0.5, 0.6) is 5.75 Å². The Morgan fingerprint density at radius 2 is 2.00 bits per heavy atom. The second kappa shape index (κ2) is 7.78. The highest BCUT2D eigenvalue weighted by atomic mass is 19.4. The average Bonchev–Trinajstić information content (AvgIpc) is 3.12. The molecule has 3 heterocycles. The zero-order valence-corrected chi connectivity index (χ0v) is 16.7. The third kappa shape index (κ3) is 4.03. The normalized spacial score (nSPS) is 18.8. The molecule has 1 saturated carbocycles. The zero-order valence-electron chi connectivity index (χ0n) is 16.7. The predicted molar refractivity (Wildman–Crippen MR) is 104 cm³/mol. The lowest BCUT2D eigenvalue weighted by Crippen LogP contribution is -2.46. The van der Waals surface area contributed by atoms with Crippen LogP contribution in [0.15, 0.2) is 36.9 Å². The molecule has 0 aromatic carbocycles. The van der Waals surface area contributed by atoms with Crippen LogP contribution >= 0.6 is 0 Å². The highest BCUT2D eigenvalue weighted by Gasteiger charge is 2.35. The zero-order chi connectivity index (χ0) is 22.3. The lowest BCUT2D eigenvalue weighted by atomic mass is 9.88. The first-order chi connectivity index (χ1) is 14.6. The van der Waals surface area contributed by atoms with Gasteiger partial charge < -0.3 is 9.64 Å². The van der Waals surface area contributed by atoms with Crippen molar-refractivity contribution in [2.45, 2.75) is 31.2 Å². The number of hydrogen-bond acceptors (Lipinski definition) is 7. The number of rotatable bonds is 5. The molecule has 1 amide bonds. The van der Waals surface area contributed by atoms with Gasteiger partial charge in [0.1, 0.15) is 28.8 Å². The lowest BCUT2D eigenvalue weighted by Gasteiger charge is -2.39. The van der Waals surface area contributed by atoms with Gasteiger partial charge in [0.25, 0.3) is 5.91 Å². The van der Waals surface area contributed by atoms with Gasteiger partial charge in [-0.05, 0) is 33.0 Å². The van der Waals surface area contributed by atoms with Crippen molar-refractivity contribution >= 4 is 17.2 Å². The number of aromatic nitrogens is 4. The number of alkyl halides is 3. The Morgan fingerprint density at radius 3 is 2.68 bits per heavy atom. The number of hydrogen-bond donors (Lipinski definition) is 1. The van der Waals surface area contributed by atoms with E-state index in [0.29, 0.717) is 11.8 Å². The van der Waals surface area contributed by atoms with Crippen LogP contribution in [-0.2, 0) is 6.18 Å². The van der Waals surface area contributed by atoms with E-state index in [1.807, 2.05) is 14.1 Å². The van der Waals surface area contributed by atoms with Crippen molar-refractivity contribution in [1.82, 2.24) is 24.5 Å². The van der Waals surface area contributed by atoms with Gasteiger partial charge in [0, 0.05) is 24.5 Å². The summed E-state index contributed by atoms with van der Waals surface area (Å²) in [4.78, 5) is 22.6. The van der Waals surface area contributed by atoms with E-state index in [2.05, 4.69) is 20.0 Å². The molecule has 4 rings (SSSR count). The number of ether oxygens (including phenoxy) is 1. The molecular weight excluding hydrogens is 415 g/mol.